The van der Waals surface area contributed by atoms with Gasteiger partial charge in [0.15, 0.2) is 5.69 Å². The molecule has 0 aliphatic carbocycles. The van der Waals surface area contributed by atoms with E-state index in [1.54, 1.807) is 39.0 Å². The van der Waals surface area contributed by atoms with Crippen molar-refractivity contribution in [3.63, 3.8) is 0 Å². The first kappa shape index (κ1) is 23.8. The lowest BCUT2D eigenvalue weighted by Crippen LogP contribution is -2.41. The molecule has 32 heavy (non-hydrogen) atoms. The van der Waals surface area contributed by atoms with Crippen molar-refractivity contribution < 1.29 is 27.8 Å². The number of halogens is 2. The Morgan fingerprint density at radius 1 is 1.28 bits per heavy atom. The first-order chi connectivity index (χ1) is 15.0. The number of carbonyl (C=O) groups is 1. The van der Waals surface area contributed by atoms with Gasteiger partial charge in [-0.05, 0) is 45.4 Å². The largest absolute Gasteiger partial charge is 0.497 e. The summed E-state index contributed by atoms with van der Waals surface area (Å²) in [6.45, 7) is 10.8. The number of aromatic nitrogens is 2. The molecular formula is C23H29F2N3O4. The van der Waals surface area contributed by atoms with Gasteiger partial charge in [-0.3, -0.25) is 4.79 Å². The molecule has 2 heterocycles. The topological polar surface area (TPSA) is 82.6 Å². The van der Waals surface area contributed by atoms with Crippen LogP contribution in [0.1, 0.15) is 39.8 Å². The highest BCUT2D eigenvalue weighted by Gasteiger charge is 2.44. The number of ether oxygens (including phenoxy) is 3. The van der Waals surface area contributed by atoms with Crippen LogP contribution >= 0.6 is 0 Å². The molecule has 1 aliphatic rings. The van der Waals surface area contributed by atoms with E-state index in [9.17, 15) is 13.6 Å². The number of nitrogens with one attached hydrogen (secondary N) is 1. The monoisotopic (exact) mass is 449 g/mol. The van der Waals surface area contributed by atoms with Crippen LogP contribution in [0.25, 0.3) is 11.0 Å². The Balaban J connectivity index is 1.96. The summed E-state index contributed by atoms with van der Waals surface area (Å²) in [5, 5.41) is 3.10. The van der Waals surface area contributed by atoms with Gasteiger partial charge in [0.05, 0.1) is 18.1 Å². The number of esters is 1. The predicted octanol–water partition coefficient (Wildman–Crippen LogP) is 4.00. The maximum absolute atomic E-state index is 14.6. The van der Waals surface area contributed by atoms with Gasteiger partial charge in [0.25, 0.3) is 0 Å². The molecule has 1 aliphatic heterocycles. The van der Waals surface area contributed by atoms with Crippen LogP contribution in [0.3, 0.4) is 0 Å². The Kier molecular flexibility index (Phi) is 6.69. The number of carbonyl (C=O) groups excluding carboxylic acids is 1. The molecule has 1 N–H and O–H groups in total. The van der Waals surface area contributed by atoms with Crippen molar-refractivity contribution >= 4 is 17.0 Å². The summed E-state index contributed by atoms with van der Waals surface area (Å²) in [4.78, 5) is 21.1. The SMILES string of the molecule is C=CC(F)(F)c1nc2ccc(OC)cc2nc1O[C@H]1CN[C@H](C(=O)OC(C)(C)C)[C@@H]1CC. The lowest BCUT2D eigenvalue weighted by Gasteiger charge is -2.26. The Hall–Kier alpha value is -2.81. The first-order valence-corrected chi connectivity index (χ1v) is 10.5. The zero-order valence-corrected chi connectivity index (χ0v) is 18.9. The van der Waals surface area contributed by atoms with Gasteiger partial charge in [0.2, 0.25) is 5.88 Å². The molecule has 0 amide bonds. The third-order valence-electron chi connectivity index (χ3n) is 5.25. The molecule has 0 saturated carbocycles. The van der Waals surface area contributed by atoms with Crippen molar-refractivity contribution in [1.29, 1.82) is 0 Å². The van der Waals surface area contributed by atoms with E-state index in [2.05, 4.69) is 21.9 Å². The van der Waals surface area contributed by atoms with E-state index < -0.39 is 35.3 Å². The number of hydrogen-bond acceptors (Lipinski definition) is 7. The van der Waals surface area contributed by atoms with E-state index in [-0.39, 0.29) is 23.9 Å². The standard InChI is InChI=1S/C23H29F2N3O4/c1-7-14-17(12-26-18(14)21(29)32-22(3,4)5)31-20-19(23(24,25)8-2)27-15-10-9-13(30-6)11-16(15)28-20/h8-11,14,17-18,26H,2,7,12H2,1,3-6H3/t14-,17+,18+/m1/s1. The second kappa shape index (κ2) is 8.97. The number of hydrogen-bond donors (Lipinski definition) is 1. The number of allylic oxidation sites excluding steroid dienone is 1. The van der Waals surface area contributed by atoms with E-state index in [4.69, 9.17) is 14.2 Å². The lowest BCUT2D eigenvalue weighted by molar-refractivity contribution is -0.158. The van der Waals surface area contributed by atoms with E-state index >= 15 is 0 Å². The number of benzene rings is 1. The summed E-state index contributed by atoms with van der Waals surface area (Å²) >= 11 is 0. The van der Waals surface area contributed by atoms with Gasteiger partial charge in [0, 0.05) is 18.5 Å². The summed E-state index contributed by atoms with van der Waals surface area (Å²) < 4.78 is 46.0. The third kappa shape index (κ3) is 4.98. The second-order valence-corrected chi connectivity index (χ2v) is 8.71. The smallest absolute Gasteiger partial charge is 0.324 e. The van der Waals surface area contributed by atoms with Crippen LogP contribution in [0.15, 0.2) is 30.9 Å². The van der Waals surface area contributed by atoms with Crippen LogP contribution in [-0.4, -0.2) is 47.3 Å². The zero-order chi connectivity index (χ0) is 23.7. The minimum atomic E-state index is -3.45. The summed E-state index contributed by atoms with van der Waals surface area (Å²) in [5.74, 6) is -3.93. The molecular weight excluding hydrogens is 420 g/mol. The molecule has 7 nitrogen and oxygen atoms in total. The van der Waals surface area contributed by atoms with E-state index in [0.717, 1.165) is 0 Å². The van der Waals surface area contributed by atoms with Crippen molar-refractivity contribution in [2.45, 2.75) is 57.8 Å². The number of methoxy groups -OCH3 is 1. The van der Waals surface area contributed by atoms with Gasteiger partial charge >= 0.3 is 11.9 Å². The summed E-state index contributed by atoms with van der Waals surface area (Å²) in [6.07, 6.45) is 0.505. The number of nitrogens with zero attached hydrogens (tertiary/aromatic N) is 2. The normalized spacial score (nSPS) is 21.4. The van der Waals surface area contributed by atoms with Gasteiger partial charge in [-0.25, -0.2) is 9.97 Å². The van der Waals surface area contributed by atoms with Crippen molar-refractivity contribution in [3.05, 3.63) is 36.5 Å². The zero-order valence-electron chi connectivity index (χ0n) is 18.9. The molecule has 0 radical (unpaired) electrons. The molecule has 1 saturated heterocycles. The number of rotatable bonds is 7. The fourth-order valence-electron chi connectivity index (χ4n) is 3.70. The van der Waals surface area contributed by atoms with E-state index in [0.29, 0.717) is 23.8 Å². The maximum Gasteiger partial charge on any atom is 0.324 e. The van der Waals surface area contributed by atoms with Gasteiger partial charge in [0.1, 0.15) is 23.5 Å². The summed E-state index contributed by atoms with van der Waals surface area (Å²) in [5.41, 5.74) is -0.637. The van der Waals surface area contributed by atoms with Crippen LogP contribution in [0.4, 0.5) is 8.78 Å². The van der Waals surface area contributed by atoms with Crippen LogP contribution in [-0.2, 0) is 15.5 Å². The van der Waals surface area contributed by atoms with Gasteiger partial charge in [-0.1, -0.05) is 13.5 Å². The number of alkyl halides is 2. The molecule has 9 heteroatoms. The van der Waals surface area contributed by atoms with E-state index in [1.165, 1.54) is 7.11 Å². The third-order valence-corrected chi connectivity index (χ3v) is 5.25. The average Bonchev–Trinajstić information content (AvgIpc) is 3.14. The van der Waals surface area contributed by atoms with Crippen molar-refractivity contribution in [1.82, 2.24) is 15.3 Å². The highest BCUT2D eigenvalue weighted by atomic mass is 19.3. The Bertz CT molecular complexity index is 1010. The van der Waals surface area contributed by atoms with Crippen molar-refractivity contribution in [2.24, 2.45) is 5.92 Å². The molecule has 174 valence electrons. The Morgan fingerprint density at radius 3 is 2.59 bits per heavy atom. The minimum absolute atomic E-state index is 0.276. The van der Waals surface area contributed by atoms with Crippen molar-refractivity contribution in [2.75, 3.05) is 13.7 Å². The molecule has 3 atom stereocenters. The molecule has 0 spiro atoms. The van der Waals surface area contributed by atoms with Crippen molar-refractivity contribution in [3.8, 4) is 11.6 Å². The molecule has 0 unspecified atom stereocenters. The van der Waals surface area contributed by atoms with Crippen LogP contribution < -0.4 is 14.8 Å². The van der Waals surface area contributed by atoms with Crippen LogP contribution in [0, 0.1) is 5.92 Å². The van der Waals surface area contributed by atoms with Crippen LogP contribution in [0.2, 0.25) is 0 Å². The first-order valence-electron chi connectivity index (χ1n) is 10.5. The molecule has 0 bridgehead atoms. The predicted molar refractivity (Wildman–Crippen MR) is 116 cm³/mol. The number of fused-ring (bicyclic) bond motifs is 1. The fourth-order valence-corrected chi connectivity index (χ4v) is 3.70. The quantitative estimate of drug-likeness (QED) is 0.505. The second-order valence-electron chi connectivity index (χ2n) is 8.71. The fraction of sp³-hybridized carbons (Fsp3) is 0.522. The molecule has 1 aromatic carbocycles. The van der Waals surface area contributed by atoms with Gasteiger partial charge in [-0.2, -0.15) is 8.78 Å². The highest BCUT2D eigenvalue weighted by molar-refractivity contribution is 5.78. The molecule has 1 aromatic heterocycles. The average molecular weight is 449 g/mol. The summed E-state index contributed by atoms with van der Waals surface area (Å²) in [6, 6.07) is 4.16. The highest BCUT2D eigenvalue weighted by Crippen LogP contribution is 2.37. The molecule has 1 fully saturated rings. The van der Waals surface area contributed by atoms with Gasteiger partial charge < -0.3 is 19.5 Å². The van der Waals surface area contributed by atoms with Crippen LogP contribution in [0.5, 0.6) is 11.6 Å². The summed E-state index contributed by atoms with van der Waals surface area (Å²) in [7, 11) is 1.50. The Labute approximate surface area is 186 Å². The molecule has 3 rings (SSSR count). The Morgan fingerprint density at radius 2 is 2.00 bits per heavy atom. The minimum Gasteiger partial charge on any atom is -0.497 e. The molecule has 2 aromatic rings. The van der Waals surface area contributed by atoms with Gasteiger partial charge in [-0.15, -0.1) is 0 Å². The van der Waals surface area contributed by atoms with E-state index in [1.807, 2.05) is 6.92 Å². The lowest BCUT2D eigenvalue weighted by atomic mass is 9.95. The maximum atomic E-state index is 14.6.